The predicted octanol–water partition coefficient (Wildman–Crippen LogP) is 2.06. The summed E-state index contributed by atoms with van der Waals surface area (Å²) in [7, 11) is 2.91. The average molecular weight is 417 g/mol. The van der Waals surface area contributed by atoms with E-state index in [1.54, 1.807) is 19.9 Å². The van der Waals surface area contributed by atoms with Gasteiger partial charge >= 0.3 is 0 Å². The summed E-state index contributed by atoms with van der Waals surface area (Å²) in [5.41, 5.74) is 4.40. The number of hydrogen-bond acceptors (Lipinski definition) is 5. The molecule has 9 heteroatoms. The molecule has 2 rings (SSSR count). The lowest BCUT2D eigenvalue weighted by atomic mass is 10.0. The number of hydrazine groups is 1. The van der Waals surface area contributed by atoms with Crippen molar-refractivity contribution in [3.8, 4) is 11.5 Å². The summed E-state index contributed by atoms with van der Waals surface area (Å²) < 4.78 is 24.0. The van der Waals surface area contributed by atoms with E-state index in [0.717, 1.165) is 6.07 Å². The molecular formula is C21H24FN3O5. The molecule has 0 aromatic heterocycles. The summed E-state index contributed by atoms with van der Waals surface area (Å²) in [6, 6.07) is 9.03. The molecule has 0 spiro atoms. The third-order valence-corrected chi connectivity index (χ3v) is 4.27. The Bertz CT molecular complexity index is 910. The molecule has 0 aliphatic carbocycles. The third kappa shape index (κ3) is 5.69. The number of rotatable bonds is 7. The van der Waals surface area contributed by atoms with Crippen LogP contribution in [0, 0.1) is 11.7 Å². The highest BCUT2D eigenvalue weighted by Crippen LogP contribution is 2.22. The van der Waals surface area contributed by atoms with E-state index in [0.29, 0.717) is 11.5 Å². The molecule has 2 aromatic carbocycles. The van der Waals surface area contributed by atoms with Crippen molar-refractivity contribution in [2.75, 3.05) is 14.2 Å². The van der Waals surface area contributed by atoms with Gasteiger partial charge in [0.2, 0.25) is 0 Å². The molecule has 0 radical (unpaired) electrons. The lowest BCUT2D eigenvalue weighted by molar-refractivity contribution is -0.124. The van der Waals surface area contributed by atoms with E-state index in [9.17, 15) is 18.8 Å². The van der Waals surface area contributed by atoms with Gasteiger partial charge in [-0.15, -0.1) is 0 Å². The fourth-order valence-corrected chi connectivity index (χ4v) is 2.61. The van der Waals surface area contributed by atoms with Crippen LogP contribution in [-0.2, 0) is 4.79 Å². The molecule has 3 N–H and O–H groups in total. The van der Waals surface area contributed by atoms with Crippen molar-refractivity contribution in [1.82, 2.24) is 16.2 Å². The van der Waals surface area contributed by atoms with Gasteiger partial charge in [-0.2, -0.15) is 0 Å². The smallest absolute Gasteiger partial charge is 0.272 e. The van der Waals surface area contributed by atoms with Gasteiger partial charge in [-0.1, -0.05) is 26.0 Å². The molecule has 0 aliphatic rings. The van der Waals surface area contributed by atoms with Crippen LogP contribution in [0.3, 0.4) is 0 Å². The highest BCUT2D eigenvalue weighted by molar-refractivity contribution is 5.99. The predicted molar refractivity (Wildman–Crippen MR) is 108 cm³/mol. The monoisotopic (exact) mass is 417 g/mol. The van der Waals surface area contributed by atoms with Crippen molar-refractivity contribution >= 4 is 17.7 Å². The number of nitrogens with one attached hydrogen (secondary N) is 3. The van der Waals surface area contributed by atoms with Crippen molar-refractivity contribution in [1.29, 1.82) is 0 Å². The Morgan fingerprint density at radius 2 is 1.50 bits per heavy atom. The Morgan fingerprint density at radius 1 is 0.900 bits per heavy atom. The molecule has 0 heterocycles. The van der Waals surface area contributed by atoms with Gasteiger partial charge in [0, 0.05) is 11.6 Å². The number of benzene rings is 2. The molecule has 0 fully saturated rings. The van der Waals surface area contributed by atoms with E-state index in [1.165, 1.54) is 44.6 Å². The fraction of sp³-hybridized carbons (Fsp3) is 0.286. The second kappa shape index (κ2) is 10.2. The first kappa shape index (κ1) is 22.7. The summed E-state index contributed by atoms with van der Waals surface area (Å²) >= 11 is 0. The highest BCUT2D eigenvalue weighted by Gasteiger charge is 2.26. The quantitative estimate of drug-likeness (QED) is 0.598. The van der Waals surface area contributed by atoms with Gasteiger partial charge in [-0.05, 0) is 30.2 Å². The molecule has 8 nitrogen and oxygen atoms in total. The number of amides is 3. The zero-order valence-corrected chi connectivity index (χ0v) is 17.1. The number of carbonyl (C=O) groups is 3. The molecule has 30 heavy (non-hydrogen) atoms. The first-order valence-electron chi connectivity index (χ1n) is 9.15. The van der Waals surface area contributed by atoms with Crippen LogP contribution in [0.25, 0.3) is 0 Å². The Balaban J connectivity index is 2.08. The molecule has 3 amide bonds. The second-order valence-corrected chi connectivity index (χ2v) is 6.72. The van der Waals surface area contributed by atoms with Gasteiger partial charge in [0.15, 0.2) is 0 Å². The fourth-order valence-electron chi connectivity index (χ4n) is 2.61. The van der Waals surface area contributed by atoms with Crippen LogP contribution in [0.5, 0.6) is 11.5 Å². The minimum Gasteiger partial charge on any atom is -0.497 e. The number of halogens is 1. The first-order chi connectivity index (χ1) is 14.3. The van der Waals surface area contributed by atoms with E-state index in [2.05, 4.69) is 16.2 Å². The Morgan fingerprint density at radius 3 is 2.03 bits per heavy atom. The van der Waals surface area contributed by atoms with E-state index in [1.807, 2.05) is 0 Å². The van der Waals surface area contributed by atoms with E-state index < -0.39 is 29.6 Å². The Kier molecular flexibility index (Phi) is 7.74. The van der Waals surface area contributed by atoms with Crippen molar-refractivity contribution in [2.45, 2.75) is 19.9 Å². The third-order valence-electron chi connectivity index (χ3n) is 4.27. The van der Waals surface area contributed by atoms with Gasteiger partial charge in [-0.25, -0.2) is 4.39 Å². The Labute approximate surface area is 173 Å². The van der Waals surface area contributed by atoms with Gasteiger partial charge in [0.05, 0.1) is 19.8 Å². The minimum absolute atomic E-state index is 0.216. The van der Waals surface area contributed by atoms with Crippen LogP contribution in [0.4, 0.5) is 4.39 Å². The summed E-state index contributed by atoms with van der Waals surface area (Å²) in [6.07, 6.45) is 0. The molecule has 0 saturated carbocycles. The van der Waals surface area contributed by atoms with E-state index in [4.69, 9.17) is 9.47 Å². The van der Waals surface area contributed by atoms with Crippen LogP contribution in [-0.4, -0.2) is 38.0 Å². The standard InChI is InChI=1S/C21H24FN3O5/c1-12(2)18(21(28)25-24-20(27)16-7-5-6-8-17(16)22)23-19(26)13-9-14(29-3)11-15(10-13)30-4/h5-12,18H,1-4H3,(H,23,26)(H,24,27)(H,25,28). The molecule has 1 atom stereocenters. The topological polar surface area (TPSA) is 106 Å². The highest BCUT2D eigenvalue weighted by atomic mass is 19.1. The Hall–Kier alpha value is -3.62. The summed E-state index contributed by atoms with van der Waals surface area (Å²) in [5, 5.41) is 2.62. The van der Waals surface area contributed by atoms with Crippen LogP contribution in [0.15, 0.2) is 42.5 Å². The van der Waals surface area contributed by atoms with Gasteiger partial charge in [-0.3, -0.25) is 25.2 Å². The van der Waals surface area contributed by atoms with Crippen LogP contribution in [0.2, 0.25) is 0 Å². The molecule has 2 aromatic rings. The summed E-state index contributed by atoms with van der Waals surface area (Å²) in [6.45, 7) is 3.46. The van der Waals surface area contributed by atoms with Crippen LogP contribution in [0.1, 0.15) is 34.6 Å². The zero-order valence-electron chi connectivity index (χ0n) is 17.1. The van der Waals surface area contributed by atoms with Crippen molar-refractivity contribution in [2.24, 2.45) is 5.92 Å². The maximum absolute atomic E-state index is 13.7. The lowest BCUT2D eigenvalue weighted by Gasteiger charge is -2.22. The minimum atomic E-state index is -0.962. The van der Waals surface area contributed by atoms with Crippen LogP contribution >= 0.6 is 0 Å². The molecule has 160 valence electrons. The van der Waals surface area contributed by atoms with Gasteiger partial charge in [0.25, 0.3) is 17.7 Å². The number of ether oxygens (including phenoxy) is 2. The molecule has 1 unspecified atom stereocenters. The SMILES string of the molecule is COc1cc(OC)cc(C(=O)NC(C(=O)NNC(=O)c2ccccc2F)C(C)C)c1. The number of methoxy groups -OCH3 is 2. The van der Waals surface area contributed by atoms with Gasteiger partial charge in [0.1, 0.15) is 23.4 Å². The van der Waals surface area contributed by atoms with Crippen molar-refractivity contribution in [3.05, 3.63) is 59.4 Å². The largest absolute Gasteiger partial charge is 0.497 e. The molecule has 0 saturated heterocycles. The zero-order chi connectivity index (χ0) is 22.3. The maximum atomic E-state index is 13.7. The summed E-state index contributed by atoms with van der Waals surface area (Å²) in [4.78, 5) is 37.3. The molecular weight excluding hydrogens is 393 g/mol. The second-order valence-electron chi connectivity index (χ2n) is 6.72. The van der Waals surface area contributed by atoms with Crippen LogP contribution < -0.4 is 25.6 Å². The summed E-state index contributed by atoms with van der Waals surface area (Å²) in [5.74, 6) is -2.17. The van der Waals surface area contributed by atoms with Gasteiger partial charge < -0.3 is 14.8 Å². The maximum Gasteiger partial charge on any atom is 0.272 e. The van der Waals surface area contributed by atoms with E-state index >= 15 is 0 Å². The molecule has 0 bridgehead atoms. The van der Waals surface area contributed by atoms with Crippen molar-refractivity contribution in [3.63, 3.8) is 0 Å². The normalized spacial score (nSPS) is 11.4. The lowest BCUT2D eigenvalue weighted by Crippen LogP contribution is -2.54. The van der Waals surface area contributed by atoms with E-state index in [-0.39, 0.29) is 17.0 Å². The number of carbonyl (C=O) groups excluding carboxylic acids is 3. The molecule has 0 aliphatic heterocycles. The first-order valence-corrected chi connectivity index (χ1v) is 9.15. The average Bonchev–Trinajstić information content (AvgIpc) is 2.74. The number of hydrogen-bond donors (Lipinski definition) is 3. The van der Waals surface area contributed by atoms with Crippen molar-refractivity contribution < 1.29 is 28.2 Å².